The first kappa shape index (κ1) is 20.5. The maximum atomic E-state index is 13.0. The summed E-state index contributed by atoms with van der Waals surface area (Å²) in [5.41, 5.74) is 1.01. The molecule has 27 heavy (non-hydrogen) atoms. The third-order valence-corrected chi connectivity index (χ3v) is 4.01. The maximum absolute atomic E-state index is 13.0. The Hall–Kier alpha value is -2.86. The van der Waals surface area contributed by atoms with Crippen molar-refractivity contribution in [1.29, 1.82) is 0 Å². The molecule has 0 atom stereocenters. The van der Waals surface area contributed by atoms with E-state index >= 15 is 0 Å². The molecule has 0 fully saturated rings. The number of ether oxygens (including phenoxy) is 1. The first-order valence-electron chi connectivity index (χ1n) is 8.78. The van der Waals surface area contributed by atoms with Crippen molar-refractivity contribution >= 4 is 11.8 Å². The molecule has 2 amide bonds. The number of furan rings is 1. The molecule has 1 aromatic carbocycles. The van der Waals surface area contributed by atoms with Crippen LogP contribution < -0.4 is 0 Å². The van der Waals surface area contributed by atoms with Crippen molar-refractivity contribution in [3.8, 4) is 0 Å². The zero-order valence-electron chi connectivity index (χ0n) is 15.9. The van der Waals surface area contributed by atoms with Crippen molar-refractivity contribution in [2.24, 2.45) is 0 Å². The summed E-state index contributed by atoms with van der Waals surface area (Å²) in [6.07, 6.45) is 1.60. The van der Waals surface area contributed by atoms with Gasteiger partial charge in [-0.05, 0) is 24.6 Å². The number of nitrogens with zero attached hydrogens (tertiary/aromatic N) is 2. The van der Waals surface area contributed by atoms with Gasteiger partial charge in [0.15, 0.2) is 0 Å². The van der Waals surface area contributed by atoms with Crippen molar-refractivity contribution in [1.82, 2.24) is 9.80 Å². The summed E-state index contributed by atoms with van der Waals surface area (Å²) >= 11 is 0. The van der Waals surface area contributed by atoms with Crippen molar-refractivity contribution in [2.75, 3.05) is 26.8 Å². The summed E-state index contributed by atoms with van der Waals surface area (Å²) in [5.74, 6) is 1.08. The van der Waals surface area contributed by atoms with Crippen LogP contribution in [0.4, 0.5) is 0 Å². The SMILES string of the molecule is C=CCN(CC(=O)N(Cc1ccccc1)Cc1ccc(C)o1)C(=O)COC. The predicted molar refractivity (Wildman–Crippen MR) is 103 cm³/mol. The molecule has 0 saturated carbocycles. The molecule has 1 aromatic heterocycles. The molecule has 6 heteroatoms. The Labute approximate surface area is 160 Å². The summed E-state index contributed by atoms with van der Waals surface area (Å²) in [6, 6.07) is 13.4. The summed E-state index contributed by atoms with van der Waals surface area (Å²) in [6.45, 7) is 6.46. The molecule has 0 radical (unpaired) electrons. The molecule has 0 unspecified atom stereocenters. The van der Waals surface area contributed by atoms with Crippen LogP contribution in [0, 0.1) is 6.92 Å². The number of hydrogen-bond acceptors (Lipinski definition) is 4. The van der Waals surface area contributed by atoms with Gasteiger partial charge in [-0.1, -0.05) is 36.4 Å². The van der Waals surface area contributed by atoms with Crippen LogP contribution in [0.2, 0.25) is 0 Å². The van der Waals surface area contributed by atoms with E-state index in [2.05, 4.69) is 6.58 Å². The van der Waals surface area contributed by atoms with Crippen LogP contribution in [0.3, 0.4) is 0 Å². The van der Waals surface area contributed by atoms with Crippen LogP contribution in [0.15, 0.2) is 59.5 Å². The second-order valence-electron chi connectivity index (χ2n) is 6.24. The third-order valence-electron chi connectivity index (χ3n) is 4.01. The topological polar surface area (TPSA) is 63.0 Å². The van der Waals surface area contributed by atoms with Gasteiger partial charge in [-0.15, -0.1) is 6.58 Å². The number of aryl methyl sites for hydroxylation is 1. The number of hydrogen-bond donors (Lipinski definition) is 0. The number of carbonyl (C=O) groups is 2. The first-order valence-corrected chi connectivity index (χ1v) is 8.78. The van der Waals surface area contributed by atoms with Gasteiger partial charge in [-0.25, -0.2) is 0 Å². The summed E-state index contributed by atoms with van der Waals surface area (Å²) in [7, 11) is 1.45. The molecular weight excluding hydrogens is 344 g/mol. The summed E-state index contributed by atoms with van der Waals surface area (Å²) < 4.78 is 10.5. The van der Waals surface area contributed by atoms with Crippen molar-refractivity contribution in [3.63, 3.8) is 0 Å². The molecular formula is C21H26N2O4. The number of carbonyl (C=O) groups excluding carboxylic acids is 2. The van der Waals surface area contributed by atoms with E-state index < -0.39 is 0 Å². The summed E-state index contributed by atoms with van der Waals surface area (Å²) in [4.78, 5) is 28.3. The average molecular weight is 370 g/mol. The molecule has 0 aliphatic heterocycles. The van der Waals surface area contributed by atoms with Gasteiger partial charge in [-0.3, -0.25) is 9.59 Å². The fraction of sp³-hybridized carbons (Fsp3) is 0.333. The van der Waals surface area contributed by atoms with E-state index in [1.165, 1.54) is 12.0 Å². The molecule has 0 spiro atoms. The monoisotopic (exact) mass is 370 g/mol. The first-order chi connectivity index (χ1) is 13.0. The van der Waals surface area contributed by atoms with Crippen molar-refractivity contribution < 1.29 is 18.7 Å². The Morgan fingerprint density at radius 1 is 1.07 bits per heavy atom. The van der Waals surface area contributed by atoms with Gasteiger partial charge >= 0.3 is 0 Å². The highest BCUT2D eigenvalue weighted by Gasteiger charge is 2.21. The Kier molecular flexibility index (Phi) is 7.82. The zero-order valence-corrected chi connectivity index (χ0v) is 15.9. The van der Waals surface area contributed by atoms with Gasteiger partial charge in [0.25, 0.3) is 0 Å². The fourth-order valence-corrected chi connectivity index (χ4v) is 2.68. The smallest absolute Gasteiger partial charge is 0.249 e. The Morgan fingerprint density at radius 3 is 2.41 bits per heavy atom. The Balaban J connectivity index is 2.15. The molecule has 2 aromatic rings. The highest BCUT2D eigenvalue weighted by atomic mass is 16.5. The van der Waals surface area contributed by atoms with Gasteiger partial charge in [0, 0.05) is 20.2 Å². The van der Waals surface area contributed by atoms with Crippen LogP contribution >= 0.6 is 0 Å². The number of amides is 2. The fourth-order valence-electron chi connectivity index (χ4n) is 2.68. The molecule has 1 heterocycles. The van der Waals surface area contributed by atoms with Gasteiger partial charge in [-0.2, -0.15) is 0 Å². The minimum Gasteiger partial charge on any atom is -0.464 e. The van der Waals surface area contributed by atoms with Crippen molar-refractivity contribution in [2.45, 2.75) is 20.0 Å². The zero-order chi connectivity index (χ0) is 19.6. The second-order valence-corrected chi connectivity index (χ2v) is 6.24. The predicted octanol–water partition coefficient (Wildman–Crippen LogP) is 2.78. The van der Waals surface area contributed by atoms with E-state index in [9.17, 15) is 9.59 Å². The van der Waals surface area contributed by atoms with E-state index in [0.29, 0.717) is 18.8 Å². The lowest BCUT2D eigenvalue weighted by molar-refractivity contribution is -0.143. The lowest BCUT2D eigenvalue weighted by Gasteiger charge is -2.26. The molecule has 6 nitrogen and oxygen atoms in total. The highest BCUT2D eigenvalue weighted by molar-refractivity contribution is 5.85. The standard InChI is InChI=1S/C21H26N2O4/c1-4-12-22(21(25)16-26-3)15-20(24)23(13-18-8-6-5-7-9-18)14-19-11-10-17(2)27-19/h4-11H,1,12-16H2,2-3H3. The minimum absolute atomic E-state index is 0.0409. The molecule has 0 bridgehead atoms. The normalized spacial score (nSPS) is 10.4. The Morgan fingerprint density at radius 2 is 1.81 bits per heavy atom. The Bertz CT molecular complexity index is 755. The van der Waals surface area contributed by atoms with Crippen molar-refractivity contribution in [3.05, 3.63) is 72.2 Å². The van der Waals surface area contributed by atoms with Gasteiger partial charge in [0.1, 0.15) is 24.7 Å². The number of rotatable bonds is 10. The van der Waals surface area contributed by atoms with Gasteiger partial charge < -0.3 is 19.0 Å². The molecule has 0 saturated heterocycles. The lowest BCUT2D eigenvalue weighted by Crippen LogP contribution is -2.43. The average Bonchev–Trinajstić information content (AvgIpc) is 3.06. The number of methoxy groups -OCH3 is 1. The largest absolute Gasteiger partial charge is 0.464 e. The molecule has 144 valence electrons. The van der Waals surface area contributed by atoms with Crippen LogP contribution in [0.1, 0.15) is 17.1 Å². The number of benzene rings is 1. The minimum atomic E-state index is -0.251. The second kappa shape index (κ2) is 10.3. The van der Waals surface area contributed by atoms with E-state index in [0.717, 1.165) is 11.3 Å². The van der Waals surface area contributed by atoms with E-state index in [-0.39, 0.29) is 31.5 Å². The lowest BCUT2D eigenvalue weighted by atomic mass is 10.2. The van der Waals surface area contributed by atoms with E-state index in [1.54, 1.807) is 11.0 Å². The highest BCUT2D eigenvalue weighted by Crippen LogP contribution is 2.13. The molecule has 0 N–H and O–H groups in total. The van der Waals surface area contributed by atoms with Crippen LogP contribution in [-0.4, -0.2) is 48.4 Å². The third kappa shape index (κ3) is 6.42. The molecule has 2 rings (SSSR count). The van der Waals surface area contributed by atoms with Crippen LogP contribution in [-0.2, 0) is 27.4 Å². The van der Waals surface area contributed by atoms with E-state index in [4.69, 9.17) is 9.15 Å². The van der Waals surface area contributed by atoms with Crippen LogP contribution in [0.25, 0.3) is 0 Å². The maximum Gasteiger partial charge on any atom is 0.249 e. The molecule has 0 aliphatic carbocycles. The van der Waals surface area contributed by atoms with Gasteiger partial charge in [0.05, 0.1) is 6.54 Å². The van der Waals surface area contributed by atoms with E-state index in [1.807, 2.05) is 49.4 Å². The van der Waals surface area contributed by atoms with Crippen LogP contribution in [0.5, 0.6) is 0 Å². The molecule has 0 aliphatic rings. The quantitative estimate of drug-likeness (QED) is 0.604. The summed E-state index contributed by atoms with van der Waals surface area (Å²) in [5, 5.41) is 0. The van der Waals surface area contributed by atoms with Gasteiger partial charge in [0.2, 0.25) is 11.8 Å².